The molecule has 0 N–H and O–H groups in total. The fourth-order valence-corrected chi connectivity index (χ4v) is 5.33. The van der Waals surface area contributed by atoms with Crippen LogP contribution in [0, 0.1) is 0 Å². The molecule has 0 atom stereocenters. The third-order valence-electron chi connectivity index (χ3n) is 3.08. The maximum Gasteiger partial charge on any atom is 0.246 e. The molecule has 0 unspecified atom stereocenters. The molecule has 1 aromatic carbocycles. The third-order valence-corrected chi connectivity index (χ3v) is 6.36. The van der Waals surface area contributed by atoms with Gasteiger partial charge in [0.25, 0.3) is 0 Å². The van der Waals surface area contributed by atoms with E-state index in [2.05, 4.69) is 15.9 Å². The maximum absolute atomic E-state index is 12.8. The van der Waals surface area contributed by atoms with Crippen LogP contribution in [0.15, 0.2) is 21.5 Å². The van der Waals surface area contributed by atoms with Crippen LogP contribution in [0.4, 0.5) is 0 Å². The molecule has 0 aliphatic rings. The van der Waals surface area contributed by atoms with E-state index in [0.717, 1.165) is 25.7 Å². The molecular weight excluding hydrogens is 397 g/mol. The van der Waals surface area contributed by atoms with Crippen molar-refractivity contribution in [3.63, 3.8) is 0 Å². The molecule has 0 radical (unpaired) electrons. The summed E-state index contributed by atoms with van der Waals surface area (Å²) in [6, 6.07) is 3.11. The molecule has 0 aliphatic heterocycles. The van der Waals surface area contributed by atoms with Crippen molar-refractivity contribution in [3.05, 3.63) is 26.7 Å². The van der Waals surface area contributed by atoms with Gasteiger partial charge in [0, 0.05) is 17.6 Å². The molecule has 0 aromatic heterocycles. The average Bonchev–Trinajstić information content (AvgIpc) is 2.36. The summed E-state index contributed by atoms with van der Waals surface area (Å²) in [5.74, 6) is 0. The highest BCUT2D eigenvalue weighted by Crippen LogP contribution is 2.34. The van der Waals surface area contributed by atoms with Crippen molar-refractivity contribution in [3.8, 4) is 0 Å². The Morgan fingerprint density at radius 3 is 1.86 bits per heavy atom. The highest BCUT2D eigenvalue weighted by molar-refractivity contribution is 9.10. The van der Waals surface area contributed by atoms with Crippen molar-refractivity contribution in [2.45, 2.75) is 44.4 Å². The number of hydrogen-bond donors (Lipinski definition) is 0. The summed E-state index contributed by atoms with van der Waals surface area (Å²) >= 11 is 15.5. The lowest BCUT2D eigenvalue weighted by atomic mass is 10.3. The Balaban J connectivity index is 3.21. The number of sulfonamides is 1. The van der Waals surface area contributed by atoms with E-state index in [1.807, 2.05) is 13.8 Å². The molecule has 1 rings (SSSR count). The van der Waals surface area contributed by atoms with Crippen LogP contribution in [0.2, 0.25) is 10.0 Å². The summed E-state index contributed by atoms with van der Waals surface area (Å²) in [5, 5.41) is 0.291. The molecule has 21 heavy (non-hydrogen) atoms. The van der Waals surface area contributed by atoms with Gasteiger partial charge in [-0.3, -0.25) is 0 Å². The molecule has 0 bridgehead atoms. The molecule has 3 nitrogen and oxygen atoms in total. The monoisotopic (exact) mass is 415 g/mol. The summed E-state index contributed by atoms with van der Waals surface area (Å²) in [6.07, 6.45) is 3.49. The Labute approximate surface area is 145 Å². The number of unbranched alkanes of at least 4 members (excludes halogenated alkanes) is 2. The predicted molar refractivity (Wildman–Crippen MR) is 92.7 cm³/mol. The fraction of sp³-hybridized carbons (Fsp3) is 0.571. The van der Waals surface area contributed by atoms with Gasteiger partial charge in [0.15, 0.2) is 0 Å². The van der Waals surface area contributed by atoms with Gasteiger partial charge in [0.1, 0.15) is 4.90 Å². The summed E-state index contributed by atoms with van der Waals surface area (Å²) in [4.78, 5) is 0.00115. The number of rotatable bonds is 8. The zero-order chi connectivity index (χ0) is 16.0. The van der Waals surface area contributed by atoms with Crippen LogP contribution in [0.3, 0.4) is 0 Å². The predicted octanol–water partition coefficient (Wildman–Crippen LogP) is 5.35. The van der Waals surface area contributed by atoms with Crippen molar-refractivity contribution >= 4 is 49.2 Å². The third kappa shape index (κ3) is 5.10. The van der Waals surface area contributed by atoms with Crippen LogP contribution in [0.25, 0.3) is 0 Å². The first-order chi connectivity index (χ1) is 9.84. The summed E-state index contributed by atoms with van der Waals surface area (Å²) in [5.41, 5.74) is 0. The lowest BCUT2D eigenvalue weighted by molar-refractivity contribution is 0.395. The van der Waals surface area contributed by atoms with Crippen LogP contribution in [-0.4, -0.2) is 25.8 Å². The van der Waals surface area contributed by atoms with Crippen molar-refractivity contribution in [2.24, 2.45) is 0 Å². The Hall–Kier alpha value is 0.190. The topological polar surface area (TPSA) is 37.4 Å². The summed E-state index contributed by atoms with van der Waals surface area (Å²) in [6.45, 7) is 5.04. The van der Waals surface area contributed by atoms with Crippen molar-refractivity contribution in [1.82, 2.24) is 4.31 Å². The standard InChI is InChI=1S/C14H20BrCl2NO2S/c1-3-5-7-18(8-6-4-2)21(19,20)14-12(16)9-11(15)10-13(14)17/h9-10H,3-8H2,1-2H3. The summed E-state index contributed by atoms with van der Waals surface area (Å²) in [7, 11) is -3.68. The van der Waals surface area contributed by atoms with Gasteiger partial charge >= 0.3 is 0 Å². The normalized spacial score (nSPS) is 12.1. The van der Waals surface area contributed by atoms with Gasteiger partial charge in [-0.2, -0.15) is 4.31 Å². The molecule has 0 spiro atoms. The fourth-order valence-electron chi connectivity index (χ4n) is 1.93. The molecule has 1 aromatic rings. The highest BCUT2D eigenvalue weighted by Gasteiger charge is 2.28. The molecule has 120 valence electrons. The largest absolute Gasteiger partial charge is 0.246 e. The van der Waals surface area contributed by atoms with E-state index in [-0.39, 0.29) is 14.9 Å². The van der Waals surface area contributed by atoms with E-state index in [0.29, 0.717) is 17.6 Å². The molecule has 0 amide bonds. The Morgan fingerprint density at radius 1 is 1.05 bits per heavy atom. The molecule has 0 saturated heterocycles. The molecule has 0 fully saturated rings. The van der Waals surface area contributed by atoms with Gasteiger partial charge < -0.3 is 0 Å². The zero-order valence-corrected chi connectivity index (χ0v) is 16.1. The number of benzene rings is 1. The Morgan fingerprint density at radius 2 is 1.48 bits per heavy atom. The van der Waals surface area contributed by atoms with Gasteiger partial charge in [0.05, 0.1) is 10.0 Å². The van der Waals surface area contributed by atoms with E-state index in [9.17, 15) is 8.42 Å². The van der Waals surface area contributed by atoms with Crippen molar-refractivity contribution in [2.75, 3.05) is 13.1 Å². The zero-order valence-electron chi connectivity index (χ0n) is 12.2. The van der Waals surface area contributed by atoms with Crippen molar-refractivity contribution in [1.29, 1.82) is 0 Å². The molecule has 7 heteroatoms. The minimum atomic E-state index is -3.68. The van der Waals surface area contributed by atoms with Gasteiger partial charge in [-0.1, -0.05) is 65.8 Å². The van der Waals surface area contributed by atoms with Gasteiger partial charge in [-0.15, -0.1) is 0 Å². The molecule has 0 saturated carbocycles. The van der Waals surface area contributed by atoms with Crippen LogP contribution < -0.4 is 0 Å². The quantitative estimate of drug-likeness (QED) is 0.572. The molecule has 0 heterocycles. The second kappa shape index (κ2) is 8.73. The van der Waals surface area contributed by atoms with Gasteiger partial charge in [0.2, 0.25) is 10.0 Å². The number of halogens is 3. The maximum atomic E-state index is 12.8. The van der Waals surface area contributed by atoms with Gasteiger partial charge in [-0.05, 0) is 25.0 Å². The van der Waals surface area contributed by atoms with E-state index >= 15 is 0 Å². The highest BCUT2D eigenvalue weighted by atomic mass is 79.9. The van der Waals surface area contributed by atoms with Crippen LogP contribution in [-0.2, 0) is 10.0 Å². The first kappa shape index (κ1) is 19.2. The average molecular weight is 417 g/mol. The number of nitrogens with zero attached hydrogens (tertiary/aromatic N) is 1. The van der Waals surface area contributed by atoms with Gasteiger partial charge in [-0.25, -0.2) is 8.42 Å². The molecule has 0 aliphatic carbocycles. The number of hydrogen-bond acceptors (Lipinski definition) is 2. The van der Waals surface area contributed by atoms with Crippen LogP contribution >= 0.6 is 39.1 Å². The van der Waals surface area contributed by atoms with Crippen molar-refractivity contribution < 1.29 is 8.42 Å². The lowest BCUT2D eigenvalue weighted by Gasteiger charge is -2.23. The second-order valence-electron chi connectivity index (χ2n) is 4.81. The molecular formula is C14H20BrCl2NO2S. The first-order valence-electron chi connectivity index (χ1n) is 6.99. The van der Waals surface area contributed by atoms with Crippen LogP contribution in [0.1, 0.15) is 39.5 Å². The summed E-state index contributed by atoms with van der Waals surface area (Å²) < 4.78 is 27.8. The van der Waals surface area contributed by atoms with E-state index in [1.54, 1.807) is 12.1 Å². The first-order valence-corrected chi connectivity index (χ1v) is 9.98. The Kier molecular flexibility index (Phi) is 7.99. The Bertz CT molecular complexity index is 547. The van der Waals surface area contributed by atoms with E-state index in [1.165, 1.54) is 4.31 Å². The van der Waals surface area contributed by atoms with E-state index < -0.39 is 10.0 Å². The SMILES string of the molecule is CCCCN(CCCC)S(=O)(=O)c1c(Cl)cc(Br)cc1Cl. The lowest BCUT2D eigenvalue weighted by Crippen LogP contribution is -2.33. The minimum Gasteiger partial charge on any atom is -0.207 e. The second-order valence-corrected chi connectivity index (χ2v) is 8.41. The van der Waals surface area contributed by atoms with Crippen LogP contribution in [0.5, 0.6) is 0 Å². The van der Waals surface area contributed by atoms with E-state index in [4.69, 9.17) is 23.2 Å². The smallest absolute Gasteiger partial charge is 0.207 e. The minimum absolute atomic E-state index is 0.00115.